The smallest absolute Gasteiger partial charge is 0.257 e. The molecule has 110 valence electrons. The lowest BCUT2D eigenvalue weighted by atomic mass is 10.0. The second-order valence-electron chi connectivity index (χ2n) is 5.71. The van der Waals surface area contributed by atoms with Crippen molar-refractivity contribution in [3.05, 3.63) is 23.5 Å². The summed E-state index contributed by atoms with van der Waals surface area (Å²) in [6, 6.07) is 1.85. The Morgan fingerprint density at radius 1 is 1.50 bits per heavy atom. The molecule has 0 atom stereocenters. The lowest BCUT2D eigenvalue weighted by Gasteiger charge is -2.29. The van der Waals surface area contributed by atoms with Gasteiger partial charge in [0, 0.05) is 32.5 Å². The summed E-state index contributed by atoms with van der Waals surface area (Å²) in [7, 11) is 3.52. The standard InChI is InChI=1S/C15H23N3O2/c1-11-8-13(16-2)12(9-17-11)14(19)18(3)10-15(20)6-4-5-7-15/h8-9,20H,4-7,10H2,1-3H3,(H,16,17). The number of carbonyl (C=O) groups excluding carboxylic acids is 1. The molecule has 0 radical (unpaired) electrons. The van der Waals surface area contributed by atoms with Crippen molar-refractivity contribution >= 4 is 11.6 Å². The van der Waals surface area contributed by atoms with Crippen LogP contribution in [0.5, 0.6) is 0 Å². The van der Waals surface area contributed by atoms with Gasteiger partial charge in [-0.2, -0.15) is 0 Å². The number of pyridine rings is 1. The van der Waals surface area contributed by atoms with E-state index in [4.69, 9.17) is 0 Å². The van der Waals surface area contributed by atoms with E-state index < -0.39 is 5.60 Å². The van der Waals surface area contributed by atoms with Crippen LogP contribution in [-0.4, -0.2) is 47.1 Å². The summed E-state index contributed by atoms with van der Waals surface area (Å²) in [4.78, 5) is 18.3. The maximum absolute atomic E-state index is 12.5. The average molecular weight is 277 g/mol. The van der Waals surface area contributed by atoms with Gasteiger partial charge in [0.25, 0.3) is 5.91 Å². The van der Waals surface area contributed by atoms with Crippen molar-refractivity contribution in [3.63, 3.8) is 0 Å². The third-order valence-electron chi connectivity index (χ3n) is 3.95. The summed E-state index contributed by atoms with van der Waals surface area (Å²) in [5, 5.41) is 13.4. The highest BCUT2D eigenvalue weighted by Crippen LogP contribution is 2.30. The van der Waals surface area contributed by atoms with E-state index in [1.165, 1.54) is 0 Å². The van der Waals surface area contributed by atoms with Gasteiger partial charge in [0.15, 0.2) is 0 Å². The normalized spacial score (nSPS) is 17.0. The van der Waals surface area contributed by atoms with Gasteiger partial charge in [-0.15, -0.1) is 0 Å². The molecule has 1 aliphatic carbocycles. The molecule has 1 fully saturated rings. The van der Waals surface area contributed by atoms with Crippen LogP contribution in [0.4, 0.5) is 5.69 Å². The van der Waals surface area contributed by atoms with Gasteiger partial charge in [-0.1, -0.05) is 12.8 Å². The zero-order valence-corrected chi connectivity index (χ0v) is 12.4. The van der Waals surface area contributed by atoms with Crippen LogP contribution in [-0.2, 0) is 0 Å². The summed E-state index contributed by atoms with van der Waals surface area (Å²) >= 11 is 0. The van der Waals surface area contributed by atoms with E-state index in [1.54, 1.807) is 25.2 Å². The van der Waals surface area contributed by atoms with Crippen LogP contribution >= 0.6 is 0 Å². The number of hydrogen-bond acceptors (Lipinski definition) is 4. The number of aromatic nitrogens is 1. The molecule has 0 saturated heterocycles. The Hall–Kier alpha value is -1.62. The zero-order chi connectivity index (χ0) is 14.8. The molecule has 1 heterocycles. The van der Waals surface area contributed by atoms with E-state index in [2.05, 4.69) is 10.3 Å². The summed E-state index contributed by atoms with van der Waals surface area (Å²) in [5.74, 6) is -0.109. The van der Waals surface area contributed by atoms with Crippen LogP contribution in [0.3, 0.4) is 0 Å². The average Bonchev–Trinajstić information content (AvgIpc) is 2.84. The number of likely N-dealkylation sites (N-methyl/N-ethyl adjacent to an activating group) is 1. The minimum atomic E-state index is -0.720. The number of aliphatic hydroxyl groups is 1. The fourth-order valence-electron chi connectivity index (χ4n) is 2.85. The second kappa shape index (κ2) is 5.79. The molecule has 1 aromatic rings. The van der Waals surface area contributed by atoms with Gasteiger partial charge in [0.2, 0.25) is 0 Å². The Labute approximate surface area is 120 Å². The first kappa shape index (κ1) is 14.8. The molecule has 0 spiro atoms. The number of nitrogens with one attached hydrogen (secondary N) is 1. The Balaban J connectivity index is 2.14. The minimum absolute atomic E-state index is 0.109. The first-order valence-corrected chi connectivity index (χ1v) is 7.07. The SMILES string of the molecule is CNc1cc(C)ncc1C(=O)N(C)CC1(O)CCCC1. The van der Waals surface area contributed by atoms with E-state index in [9.17, 15) is 9.90 Å². The van der Waals surface area contributed by atoms with Crippen LogP contribution in [0.1, 0.15) is 41.7 Å². The van der Waals surface area contributed by atoms with Crippen molar-refractivity contribution in [2.24, 2.45) is 0 Å². The summed E-state index contributed by atoms with van der Waals surface area (Å²) in [6.07, 6.45) is 5.21. The number of aryl methyl sites for hydroxylation is 1. The van der Waals surface area contributed by atoms with E-state index >= 15 is 0 Å². The largest absolute Gasteiger partial charge is 0.388 e. The molecular weight excluding hydrogens is 254 g/mol. The van der Waals surface area contributed by atoms with Gasteiger partial charge < -0.3 is 15.3 Å². The predicted octanol–water partition coefficient (Wildman–Crippen LogP) is 1.81. The summed E-state index contributed by atoms with van der Waals surface area (Å²) in [6.45, 7) is 2.27. The van der Waals surface area contributed by atoms with E-state index in [0.29, 0.717) is 12.1 Å². The lowest BCUT2D eigenvalue weighted by molar-refractivity contribution is 0.0157. The van der Waals surface area contributed by atoms with Crippen LogP contribution in [0.15, 0.2) is 12.3 Å². The third-order valence-corrected chi connectivity index (χ3v) is 3.95. The number of amides is 1. The molecule has 0 aromatic carbocycles. The molecule has 1 aromatic heterocycles. The first-order valence-electron chi connectivity index (χ1n) is 7.07. The van der Waals surface area contributed by atoms with Crippen LogP contribution in [0.2, 0.25) is 0 Å². The van der Waals surface area contributed by atoms with Crippen LogP contribution in [0, 0.1) is 6.92 Å². The quantitative estimate of drug-likeness (QED) is 0.881. The molecular formula is C15H23N3O2. The van der Waals surface area contributed by atoms with Crippen molar-refractivity contribution in [2.45, 2.75) is 38.2 Å². The molecule has 20 heavy (non-hydrogen) atoms. The Kier molecular flexibility index (Phi) is 4.28. The summed E-state index contributed by atoms with van der Waals surface area (Å²) < 4.78 is 0. The fraction of sp³-hybridized carbons (Fsp3) is 0.600. The molecule has 1 amide bonds. The highest BCUT2D eigenvalue weighted by atomic mass is 16.3. The molecule has 0 aliphatic heterocycles. The van der Waals surface area contributed by atoms with Crippen molar-refractivity contribution in [2.75, 3.05) is 26.0 Å². The number of carbonyl (C=O) groups is 1. The molecule has 0 bridgehead atoms. The van der Waals surface area contributed by atoms with E-state index in [1.807, 2.05) is 13.0 Å². The van der Waals surface area contributed by atoms with Crippen LogP contribution < -0.4 is 5.32 Å². The second-order valence-corrected chi connectivity index (χ2v) is 5.71. The monoisotopic (exact) mass is 277 g/mol. The molecule has 1 saturated carbocycles. The number of anilines is 1. The van der Waals surface area contributed by atoms with Crippen molar-refractivity contribution in [1.29, 1.82) is 0 Å². The minimum Gasteiger partial charge on any atom is -0.388 e. The van der Waals surface area contributed by atoms with E-state index in [0.717, 1.165) is 37.1 Å². The molecule has 5 nitrogen and oxygen atoms in total. The third kappa shape index (κ3) is 3.10. The molecule has 2 rings (SSSR count). The highest BCUT2D eigenvalue weighted by Gasteiger charge is 2.33. The molecule has 0 unspecified atom stereocenters. The Bertz CT molecular complexity index is 496. The number of rotatable bonds is 4. The molecule has 1 aliphatic rings. The number of hydrogen-bond donors (Lipinski definition) is 2. The Morgan fingerprint density at radius 3 is 2.75 bits per heavy atom. The van der Waals surface area contributed by atoms with E-state index in [-0.39, 0.29) is 5.91 Å². The molecule has 5 heteroatoms. The predicted molar refractivity (Wildman–Crippen MR) is 78.9 cm³/mol. The van der Waals surface area contributed by atoms with Gasteiger partial charge >= 0.3 is 0 Å². The van der Waals surface area contributed by atoms with Crippen molar-refractivity contribution in [3.8, 4) is 0 Å². The maximum atomic E-state index is 12.5. The van der Waals surface area contributed by atoms with Crippen molar-refractivity contribution in [1.82, 2.24) is 9.88 Å². The van der Waals surface area contributed by atoms with Gasteiger partial charge in [-0.05, 0) is 25.8 Å². The van der Waals surface area contributed by atoms with Crippen molar-refractivity contribution < 1.29 is 9.90 Å². The topological polar surface area (TPSA) is 65.5 Å². The fourth-order valence-corrected chi connectivity index (χ4v) is 2.85. The van der Waals surface area contributed by atoms with Gasteiger partial charge in [0.1, 0.15) is 0 Å². The zero-order valence-electron chi connectivity index (χ0n) is 12.4. The van der Waals surface area contributed by atoms with Gasteiger partial charge in [-0.25, -0.2) is 0 Å². The van der Waals surface area contributed by atoms with Gasteiger partial charge in [0.05, 0.1) is 16.9 Å². The Morgan fingerprint density at radius 2 is 2.15 bits per heavy atom. The van der Waals surface area contributed by atoms with Gasteiger partial charge in [-0.3, -0.25) is 9.78 Å². The highest BCUT2D eigenvalue weighted by molar-refractivity contribution is 5.99. The maximum Gasteiger partial charge on any atom is 0.257 e. The summed E-state index contributed by atoms with van der Waals surface area (Å²) in [5.41, 5.74) is 1.46. The molecule has 2 N–H and O–H groups in total. The first-order chi connectivity index (χ1) is 9.45. The van der Waals surface area contributed by atoms with Crippen LogP contribution in [0.25, 0.3) is 0 Å². The lowest BCUT2D eigenvalue weighted by Crippen LogP contribution is -2.42. The number of nitrogens with zero attached hydrogens (tertiary/aromatic N) is 2.